The van der Waals surface area contributed by atoms with Gasteiger partial charge in [-0.25, -0.2) is 0 Å². The van der Waals surface area contributed by atoms with E-state index in [0.29, 0.717) is 6.61 Å². The zero-order valence-electron chi connectivity index (χ0n) is 12.9. The molecule has 5 heteroatoms. The predicted octanol–water partition coefficient (Wildman–Crippen LogP) is 3.89. The summed E-state index contributed by atoms with van der Waals surface area (Å²) in [7, 11) is 0. The Bertz CT molecular complexity index is 440. The fourth-order valence-electron chi connectivity index (χ4n) is 1.91. The van der Waals surface area contributed by atoms with Crippen molar-refractivity contribution in [3.05, 3.63) is 34.9 Å². The molecule has 0 fully saturated rings. The Morgan fingerprint density at radius 3 is 2.71 bits per heavy atom. The number of nitrogens with one attached hydrogen (secondary N) is 1. The number of carbonyl (C=O) groups excluding carboxylic acids is 1. The maximum absolute atomic E-state index is 11.9. The molecule has 1 aromatic carbocycles. The lowest BCUT2D eigenvalue weighted by atomic mass is 10.2. The van der Waals surface area contributed by atoms with Crippen molar-refractivity contribution in [1.82, 2.24) is 5.32 Å². The molecule has 0 saturated heterocycles. The molecule has 1 N–H and O–H groups in total. The number of carbonyl (C=O) groups is 1. The van der Waals surface area contributed by atoms with Gasteiger partial charge in [0.2, 0.25) is 0 Å². The van der Waals surface area contributed by atoms with E-state index in [1.54, 1.807) is 11.8 Å². The normalized spacial score (nSPS) is 12.4. The Hall–Kier alpha value is -0.710. The predicted molar refractivity (Wildman–Crippen MR) is 90.9 cm³/mol. The van der Waals surface area contributed by atoms with Crippen molar-refractivity contribution < 1.29 is 9.53 Å². The fraction of sp³-hybridized carbons (Fsp3) is 0.562. The molecule has 0 spiro atoms. The molecule has 0 aliphatic heterocycles. The first-order valence-electron chi connectivity index (χ1n) is 7.28. The molecule has 118 valence electrons. The van der Waals surface area contributed by atoms with Gasteiger partial charge in [-0.1, -0.05) is 43.6 Å². The van der Waals surface area contributed by atoms with Crippen LogP contribution in [0, 0.1) is 0 Å². The quantitative estimate of drug-likeness (QED) is 0.551. The Kier molecular flexibility index (Phi) is 8.81. The van der Waals surface area contributed by atoms with Crippen LogP contribution in [-0.2, 0) is 15.3 Å². The van der Waals surface area contributed by atoms with Gasteiger partial charge in [-0.3, -0.25) is 4.79 Å². The molecule has 0 amide bonds. The summed E-state index contributed by atoms with van der Waals surface area (Å²) in [6.07, 6.45) is 0.756. The third-order valence-corrected chi connectivity index (χ3v) is 4.28. The van der Waals surface area contributed by atoms with Crippen LogP contribution in [0.3, 0.4) is 0 Å². The lowest BCUT2D eigenvalue weighted by Crippen LogP contribution is -2.42. The topological polar surface area (TPSA) is 38.3 Å². The molecular formula is C16H24ClNO2S. The molecule has 0 aliphatic rings. The molecule has 1 unspecified atom stereocenters. The summed E-state index contributed by atoms with van der Waals surface area (Å²) >= 11 is 7.91. The van der Waals surface area contributed by atoms with E-state index in [9.17, 15) is 4.79 Å². The van der Waals surface area contributed by atoms with Crippen LogP contribution in [0.15, 0.2) is 24.3 Å². The Labute approximate surface area is 136 Å². The summed E-state index contributed by atoms with van der Waals surface area (Å²) < 4.78 is 5.11. The molecular weight excluding hydrogens is 306 g/mol. The van der Waals surface area contributed by atoms with E-state index in [2.05, 4.69) is 5.32 Å². The van der Waals surface area contributed by atoms with Gasteiger partial charge in [0.25, 0.3) is 0 Å². The SMILES string of the molecule is CCOC(=O)C(CCSCc1ccccc1Cl)NC(C)C. The average Bonchev–Trinajstić information content (AvgIpc) is 2.43. The second kappa shape index (κ2) is 10.1. The molecule has 0 radical (unpaired) electrons. The van der Waals surface area contributed by atoms with Crippen LogP contribution in [0.25, 0.3) is 0 Å². The lowest BCUT2D eigenvalue weighted by Gasteiger charge is -2.19. The second-order valence-corrected chi connectivity index (χ2v) is 6.57. The monoisotopic (exact) mass is 329 g/mol. The molecule has 21 heavy (non-hydrogen) atoms. The number of hydrogen-bond donors (Lipinski definition) is 1. The fourth-order valence-corrected chi connectivity index (χ4v) is 3.21. The molecule has 0 aromatic heterocycles. The van der Waals surface area contributed by atoms with Gasteiger partial charge in [-0.05, 0) is 30.7 Å². The van der Waals surface area contributed by atoms with Gasteiger partial charge in [0, 0.05) is 16.8 Å². The number of benzene rings is 1. The van der Waals surface area contributed by atoms with E-state index in [0.717, 1.165) is 28.5 Å². The molecule has 1 rings (SSSR count). The maximum atomic E-state index is 11.9. The molecule has 0 heterocycles. The van der Waals surface area contributed by atoms with Crippen LogP contribution < -0.4 is 5.32 Å². The van der Waals surface area contributed by atoms with Crippen LogP contribution in [0.5, 0.6) is 0 Å². The summed E-state index contributed by atoms with van der Waals surface area (Å²) in [5.41, 5.74) is 1.13. The number of rotatable bonds is 9. The maximum Gasteiger partial charge on any atom is 0.323 e. The first kappa shape index (κ1) is 18.3. The van der Waals surface area contributed by atoms with Crippen molar-refractivity contribution in [2.45, 2.75) is 45.0 Å². The highest BCUT2D eigenvalue weighted by Gasteiger charge is 2.19. The van der Waals surface area contributed by atoms with Gasteiger partial charge in [0.15, 0.2) is 0 Å². The molecule has 1 atom stereocenters. The van der Waals surface area contributed by atoms with Crippen molar-refractivity contribution in [1.29, 1.82) is 0 Å². The zero-order chi connectivity index (χ0) is 15.7. The van der Waals surface area contributed by atoms with Gasteiger partial charge < -0.3 is 10.1 Å². The van der Waals surface area contributed by atoms with Crippen LogP contribution in [0.4, 0.5) is 0 Å². The van der Waals surface area contributed by atoms with E-state index >= 15 is 0 Å². The summed E-state index contributed by atoms with van der Waals surface area (Å²) in [6, 6.07) is 7.88. The summed E-state index contributed by atoms with van der Waals surface area (Å²) in [4.78, 5) is 11.9. The highest BCUT2D eigenvalue weighted by Crippen LogP contribution is 2.21. The third kappa shape index (κ3) is 7.21. The summed E-state index contributed by atoms with van der Waals surface area (Å²) in [5, 5.41) is 4.06. The van der Waals surface area contributed by atoms with Gasteiger partial charge in [0.1, 0.15) is 6.04 Å². The molecule has 0 saturated carbocycles. The van der Waals surface area contributed by atoms with E-state index in [1.165, 1.54) is 0 Å². The van der Waals surface area contributed by atoms with Gasteiger partial charge in [-0.15, -0.1) is 0 Å². The molecule has 3 nitrogen and oxygen atoms in total. The molecule has 0 bridgehead atoms. The first-order chi connectivity index (χ1) is 10.0. The Balaban J connectivity index is 2.39. The number of esters is 1. The minimum absolute atomic E-state index is 0.162. The van der Waals surface area contributed by atoms with E-state index in [4.69, 9.17) is 16.3 Å². The third-order valence-electron chi connectivity index (χ3n) is 2.87. The smallest absolute Gasteiger partial charge is 0.323 e. The largest absolute Gasteiger partial charge is 0.465 e. The van der Waals surface area contributed by atoms with Crippen molar-refractivity contribution in [3.63, 3.8) is 0 Å². The number of thioether (sulfide) groups is 1. The van der Waals surface area contributed by atoms with Gasteiger partial charge in [-0.2, -0.15) is 11.8 Å². The van der Waals surface area contributed by atoms with Crippen molar-refractivity contribution >= 4 is 29.3 Å². The van der Waals surface area contributed by atoms with E-state index in [1.807, 2.05) is 45.0 Å². The van der Waals surface area contributed by atoms with Crippen LogP contribution >= 0.6 is 23.4 Å². The minimum Gasteiger partial charge on any atom is -0.465 e. The van der Waals surface area contributed by atoms with Crippen molar-refractivity contribution in [2.24, 2.45) is 0 Å². The number of hydrogen-bond acceptors (Lipinski definition) is 4. The van der Waals surface area contributed by atoms with E-state index in [-0.39, 0.29) is 18.1 Å². The lowest BCUT2D eigenvalue weighted by molar-refractivity contribution is -0.145. The number of ether oxygens (including phenoxy) is 1. The zero-order valence-corrected chi connectivity index (χ0v) is 14.5. The van der Waals surface area contributed by atoms with Crippen LogP contribution in [0.1, 0.15) is 32.8 Å². The van der Waals surface area contributed by atoms with Crippen molar-refractivity contribution in [3.8, 4) is 0 Å². The van der Waals surface area contributed by atoms with E-state index < -0.39 is 0 Å². The highest BCUT2D eigenvalue weighted by atomic mass is 35.5. The van der Waals surface area contributed by atoms with Crippen LogP contribution in [0.2, 0.25) is 5.02 Å². The molecule has 0 aliphatic carbocycles. The Morgan fingerprint density at radius 1 is 1.38 bits per heavy atom. The minimum atomic E-state index is -0.233. The first-order valence-corrected chi connectivity index (χ1v) is 8.81. The summed E-state index contributed by atoms with van der Waals surface area (Å²) in [5.74, 6) is 1.58. The standard InChI is InChI=1S/C16H24ClNO2S/c1-4-20-16(19)15(18-12(2)3)9-10-21-11-13-7-5-6-8-14(13)17/h5-8,12,15,18H,4,9-11H2,1-3H3. The van der Waals surface area contributed by atoms with Gasteiger partial charge >= 0.3 is 5.97 Å². The molecule has 1 aromatic rings. The summed E-state index contributed by atoms with van der Waals surface area (Å²) in [6.45, 7) is 6.31. The Morgan fingerprint density at radius 2 is 2.10 bits per heavy atom. The average molecular weight is 330 g/mol. The van der Waals surface area contributed by atoms with Crippen molar-refractivity contribution in [2.75, 3.05) is 12.4 Å². The second-order valence-electron chi connectivity index (χ2n) is 5.06. The number of halogens is 1. The highest BCUT2D eigenvalue weighted by molar-refractivity contribution is 7.98. The van der Waals surface area contributed by atoms with Crippen LogP contribution in [-0.4, -0.2) is 30.4 Å². The van der Waals surface area contributed by atoms with Gasteiger partial charge in [0.05, 0.1) is 6.61 Å².